The second-order valence-electron chi connectivity index (χ2n) is 6.36. The molecular weight excluding hydrogens is 443 g/mol. The van der Waals surface area contributed by atoms with Gasteiger partial charge in [0.05, 0.1) is 10.8 Å². The number of halogens is 2. The lowest BCUT2D eigenvalue weighted by atomic mass is 10.2. The van der Waals surface area contributed by atoms with Gasteiger partial charge in [0.1, 0.15) is 12.4 Å². The Morgan fingerprint density at radius 3 is 2.73 bits per heavy atom. The highest BCUT2D eigenvalue weighted by Gasteiger charge is 2.15. The maximum atomic E-state index is 12.2. The Bertz CT molecular complexity index is 1040. The fourth-order valence-corrected chi connectivity index (χ4v) is 3.63. The number of thioether (sulfide) groups is 1. The molecular formula is C21H20Cl2N4O2S. The molecule has 3 rings (SSSR count). The predicted molar refractivity (Wildman–Crippen MR) is 122 cm³/mol. The third-order valence-electron chi connectivity index (χ3n) is 4.01. The summed E-state index contributed by atoms with van der Waals surface area (Å²) in [5.41, 5.74) is 1.73. The Morgan fingerprint density at radius 2 is 2.00 bits per heavy atom. The van der Waals surface area contributed by atoms with Gasteiger partial charge in [-0.1, -0.05) is 47.1 Å². The smallest absolute Gasteiger partial charge is 0.234 e. The van der Waals surface area contributed by atoms with Gasteiger partial charge in [0.15, 0.2) is 11.0 Å². The Kier molecular flexibility index (Phi) is 7.79. The monoisotopic (exact) mass is 462 g/mol. The van der Waals surface area contributed by atoms with Crippen molar-refractivity contribution in [3.8, 4) is 5.75 Å². The van der Waals surface area contributed by atoms with Gasteiger partial charge in [-0.15, -0.1) is 16.8 Å². The molecule has 0 saturated heterocycles. The molecule has 3 aromatic rings. The molecule has 1 aromatic heterocycles. The topological polar surface area (TPSA) is 69.0 Å². The molecule has 6 nitrogen and oxygen atoms in total. The molecule has 0 unspecified atom stereocenters. The Morgan fingerprint density at radius 1 is 1.23 bits per heavy atom. The van der Waals surface area contributed by atoms with Gasteiger partial charge in [0, 0.05) is 17.3 Å². The number of carbonyl (C=O) groups is 1. The number of hydrogen-bond acceptors (Lipinski definition) is 5. The molecule has 0 atom stereocenters. The number of amides is 1. The number of ether oxygens (including phenoxy) is 1. The number of anilines is 1. The Balaban J connectivity index is 1.63. The normalized spacial score (nSPS) is 10.6. The third kappa shape index (κ3) is 6.01. The summed E-state index contributed by atoms with van der Waals surface area (Å²) in [5.74, 6) is 1.23. The highest BCUT2D eigenvalue weighted by molar-refractivity contribution is 7.99. The first-order valence-electron chi connectivity index (χ1n) is 9.06. The van der Waals surface area contributed by atoms with Gasteiger partial charge in [-0.25, -0.2) is 0 Å². The minimum Gasteiger partial charge on any atom is -0.484 e. The van der Waals surface area contributed by atoms with E-state index in [1.54, 1.807) is 36.4 Å². The molecule has 0 aliphatic carbocycles. The van der Waals surface area contributed by atoms with Crippen LogP contribution in [0.2, 0.25) is 10.0 Å². The van der Waals surface area contributed by atoms with E-state index in [2.05, 4.69) is 22.1 Å². The van der Waals surface area contributed by atoms with Gasteiger partial charge < -0.3 is 10.1 Å². The molecule has 2 aromatic carbocycles. The average Bonchev–Trinajstić information content (AvgIpc) is 3.11. The summed E-state index contributed by atoms with van der Waals surface area (Å²) >= 11 is 13.3. The number of allylic oxidation sites excluding steroid dienone is 1. The quantitative estimate of drug-likeness (QED) is 0.341. The number of aromatic nitrogens is 3. The number of benzene rings is 2. The minimum atomic E-state index is -0.153. The molecule has 30 heavy (non-hydrogen) atoms. The summed E-state index contributed by atoms with van der Waals surface area (Å²) < 4.78 is 7.69. The first-order chi connectivity index (χ1) is 14.5. The molecule has 0 aliphatic heterocycles. The van der Waals surface area contributed by atoms with Crippen LogP contribution in [0.4, 0.5) is 5.69 Å². The van der Waals surface area contributed by atoms with E-state index in [-0.39, 0.29) is 18.3 Å². The van der Waals surface area contributed by atoms with E-state index in [0.717, 1.165) is 5.56 Å². The number of rotatable bonds is 9. The lowest BCUT2D eigenvalue weighted by Gasteiger charge is -2.10. The van der Waals surface area contributed by atoms with Crippen LogP contribution in [-0.2, 0) is 17.9 Å². The van der Waals surface area contributed by atoms with Crippen molar-refractivity contribution in [1.29, 1.82) is 0 Å². The van der Waals surface area contributed by atoms with E-state index >= 15 is 0 Å². The van der Waals surface area contributed by atoms with Gasteiger partial charge in [-0.2, -0.15) is 0 Å². The van der Waals surface area contributed by atoms with Gasteiger partial charge >= 0.3 is 0 Å². The third-order valence-corrected chi connectivity index (χ3v) is 5.54. The molecule has 1 N–H and O–H groups in total. The summed E-state index contributed by atoms with van der Waals surface area (Å²) in [6, 6.07) is 12.5. The van der Waals surface area contributed by atoms with Crippen molar-refractivity contribution in [2.75, 3.05) is 11.1 Å². The van der Waals surface area contributed by atoms with Crippen LogP contribution in [0, 0.1) is 6.92 Å². The van der Waals surface area contributed by atoms with E-state index < -0.39 is 0 Å². The standard InChI is InChI=1S/C21H20Cl2N4O2S/c1-3-10-27-19(12-29-18-11-14(2)4-9-17(18)23)25-26-21(27)30-13-20(28)24-16-7-5-15(22)6-8-16/h3-9,11H,1,10,12-13H2,2H3,(H,24,28). The number of carbonyl (C=O) groups excluding carboxylic acids is 1. The SMILES string of the molecule is C=CCn1c(COc2cc(C)ccc2Cl)nnc1SCC(=O)Nc1ccc(Cl)cc1. The lowest BCUT2D eigenvalue weighted by Crippen LogP contribution is -2.15. The fraction of sp³-hybridized carbons (Fsp3) is 0.190. The van der Waals surface area contributed by atoms with Crippen LogP contribution >= 0.6 is 35.0 Å². The van der Waals surface area contributed by atoms with Crippen LogP contribution in [0.1, 0.15) is 11.4 Å². The van der Waals surface area contributed by atoms with Crippen molar-refractivity contribution in [2.24, 2.45) is 0 Å². The Labute approximate surface area is 189 Å². The zero-order chi connectivity index (χ0) is 21.5. The van der Waals surface area contributed by atoms with Crippen LogP contribution < -0.4 is 10.1 Å². The average molecular weight is 463 g/mol. The maximum Gasteiger partial charge on any atom is 0.234 e. The van der Waals surface area contributed by atoms with Crippen LogP contribution in [0.3, 0.4) is 0 Å². The fourth-order valence-electron chi connectivity index (χ4n) is 2.57. The van der Waals surface area contributed by atoms with E-state index in [1.165, 1.54) is 11.8 Å². The minimum absolute atomic E-state index is 0.153. The summed E-state index contributed by atoms with van der Waals surface area (Å²) in [6.45, 7) is 6.44. The molecule has 1 heterocycles. The van der Waals surface area contributed by atoms with Gasteiger partial charge in [-0.05, 0) is 48.9 Å². The maximum absolute atomic E-state index is 12.2. The van der Waals surface area contributed by atoms with Crippen LogP contribution in [0.5, 0.6) is 5.75 Å². The van der Waals surface area contributed by atoms with Crippen molar-refractivity contribution >= 4 is 46.6 Å². The van der Waals surface area contributed by atoms with Crippen LogP contribution in [0.25, 0.3) is 0 Å². The number of hydrogen-bond donors (Lipinski definition) is 1. The van der Waals surface area contributed by atoms with E-state index in [1.807, 2.05) is 23.6 Å². The number of nitrogens with zero attached hydrogens (tertiary/aromatic N) is 3. The summed E-state index contributed by atoms with van der Waals surface area (Å²) in [6.07, 6.45) is 1.74. The van der Waals surface area contributed by atoms with E-state index in [9.17, 15) is 4.79 Å². The first kappa shape index (κ1) is 22.2. The van der Waals surface area contributed by atoms with Gasteiger partial charge in [0.2, 0.25) is 5.91 Å². The van der Waals surface area contributed by atoms with Crippen LogP contribution in [-0.4, -0.2) is 26.4 Å². The number of aryl methyl sites for hydroxylation is 1. The van der Waals surface area contributed by atoms with Crippen molar-refractivity contribution in [3.63, 3.8) is 0 Å². The zero-order valence-electron chi connectivity index (χ0n) is 16.3. The molecule has 0 saturated carbocycles. The molecule has 9 heteroatoms. The predicted octanol–water partition coefficient (Wildman–Crippen LogP) is 5.39. The Hall–Kier alpha value is -2.48. The second-order valence-corrected chi connectivity index (χ2v) is 8.15. The highest BCUT2D eigenvalue weighted by atomic mass is 35.5. The molecule has 0 radical (unpaired) electrons. The molecule has 156 valence electrons. The zero-order valence-corrected chi connectivity index (χ0v) is 18.6. The molecule has 1 amide bonds. The largest absolute Gasteiger partial charge is 0.484 e. The van der Waals surface area contributed by atoms with Crippen molar-refractivity contribution in [1.82, 2.24) is 14.8 Å². The van der Waals surface area contributed by atoms with Gasteiger partial charge in [-0.3, -0.25) is 9.36 Å². The van der Waals surface area contributed by atoms with E-state index in [0.29, 0.717) is 39.0 Å². The van der Waals surface area contributed by atoms with Gasteiger partial charge in [0.25, 0.3) is 0 Å². The second kappa shape index (κ2) is 10.5. The molecule has 0 spiro atoms. The molecule has 0 bridgehead atoms. The summed E-state index contributed by atoms with van der Waals surface area (Å²) in [5, 5.41) is 13.0. The van der Waals surface area contributed by atoms with Crippen molar-refractivity contribution in [3.05, 3.63) is 76.6 Å². The summed E-state index contributed by atoms with van der Waals surface area (Å²) in [4.78, 5) is 12.2. The van der Waals surface area contributed by atoms with Crippen LogP contribution in [0.15, 0.2) is 60.3 Å². The number of nitrogens with one attached hydrogen (secondary N) is 1. The highest BCUT2D eigenvalue weighted by Crippen LogP contribution is 2.26. The van der Waals surface area contributed by atoms with Crippen molar-refractivity contribution < 1.29 is 9.53 Å². The summed E-state index contributed by atoms with van der Waals surface area (Å²) in [7, 11) is 0. The first-order valence-corrected chi connectivity index (χ1v) is 10.8. The van der Waals surface area contributed by atoms with Crippen molar-refractivity contribution in [2.45, 2.75) is 25.2 Å². The van der Waals surface area contributed by atoms with E-state index in [4.69, 9.17) is 27.9 Å². The molecule has 0 fully saturated rings. The lowest BCUT2D eigenvalue weighted by molar-refractivity contribution is -0.113. The molecule has 0 aliphatic rings.